The van der Waals surface area contributed by atoms with Crippen LogP contribution in [0.3, 0.4) is 0 Å². The Morgan fingerprint density at radius 3 is 2.72 bits per heavy atom. The van der Waals surface area contributed by atoms with Gasteiger partial charge in [-0.05, 0) is 43.5 Å². The standard InChI is InChI=1S/C18H19N5O2/c1-12-8-13(6-7-16(12)23-11-20-10-21-23)17(24)15(9-19)18(25)22-14-4-2-3-5-14/h6-8,10-11,14-15H,2-5H2,1H3,(H,22,25)/t15-/m0/s1. The van der Waals surface area contributed by atoms with Crippen LogP contribution in [0.4, 0.5) is 0 Å². The summed E-state index contributed by atoms with van der Waals surface area (Å²) in [6.07, 6.45) is 6.94. The molecule has 1 heterocycles. The summed E-state index contributed by atoms with van der Waals surface area (Å²) in [5.74, 6) is -2.30. The lowest BCUT2D eigenvalue weighted by atomic mass is 9.96. The molecule has 1 saturated carbocycles. The molecule has 1 fully saturated rings. The summed E-state index contributed by atoms with van der Waals surface area (Å²) in [6.45, 7) is 1.84. The van der Waals surface area contributed by atoms with Crippen molar-refractivity contribution in [2.45, 2.75) is 38.6 Å². The van der Waals surface area contributed by atoms with E-state index >= 15 is 0 Å². The number of ketones is 1. The summed E-state index contributed by atoms with van der Waals surface area (Å²) >= 11 is 0. The van der Waals surface area contributed by atoms with Crippen molar-refractivity contribution in [3.05, 3.63) is 42.0 Å². The smallest absolute Gasteiger partial charge is 0.245 e. The molecular weight excluding hydrogens is 318 g/mol. The second-order valence-electron chi connectivity index (χ2n) is 6.26. The fourth-order valence-corrected chi connectivity index (χ4v) is 3.16. The minimum absolute atomic E-state index is 0.0765. The lowest BCUT2D eigenvalue weighted by molar-refractivity contribution is -0.122. The summed E-state index contributed by atoms with van der Waals surface area (Å²) in [5, 5.41) is 16.2. The van der Waals surface area contributed by atoms with E-state index in [9.17, 15) is 14.9 Å². The van der Waals surface area contributed by atoms with Crippen molar-refractivity contribution in [2.75, 3.05) is 0 Å². The molecule has 1 aliphatic rings. The fourth-order valence-electron chi connectivity index (χ4n) is 3.16. The molecule has 0 aliphatic heterocycles. The van der Waals surface area contributed by atoms with E-state index in [2.05, 4.69) is 15.4 Å². The first-order valence-electron chi connectivity index (χ1n) is 8.30. The van der Waals surface area contributed by atoms with Gasteiger partial charge in [-0.25, -0.2) is 9.67 Å². The van der Waals surface area contributed by atoms with E-state index in [1.165, 1.54) is 6.33 Å². The number of benzene rings is 1. The number of amides is 1. The van der Waals surface area contributed by atoms with Crippen LogP contribution >= 0.6 is 0 Å². The molecule has 1 atom stereocenters. The lowest BCUT2D eigenvalue weighted by Crippen LogP contribution is -2.39. The second kappa shape index (κ2) is 7.26. The Morgan fingerprint density at radius 1 is 1.36 bits per heavy atom. The van der Waals surface area contributed by atoms with Crippen LogP contribution in [-0.4, -0.2) is 32.5 Å². The number of aromatic nitrogens is 3. The average Bonchev–Trinajstić information content (AvgIpc) is 3.29. The SMILES string of the molecule is Cc1cc(C(=O)[C@H](C#N)C(=O)NC2CCCC2)ccc1-n1cncn1. The second-order valence-corrected chi connectivity index (χ2v) is 6.26. The van der Waals surface area contributed by atoms with Gasteiger partial charge in [-0.3, -0.25) is 9.59 Å². The van der Waals surface area contributed by atoms with Gasteiger partial charge in [0, 0.05) is 11.6 Å². The van der Waals surface area contributed by atoms with Gasteiger partial charge < -0.3 is 5.32 Å². The molecule has 1 aromatic heterocycles. The molecular formula is C18H19N5O2. The minimum atomic E-state index is -1.32. The summed E-state index contributed by atoms with van der Waals surface area (Å²) in [6, 6.07) is 6.94. The number of hydrogen-bond acceptors (Lipinski definition) is 5. The van der Waals surface area contributed by atoms with Gasteiger partial charge in [-0.15, -0.1) is 0 Å². The first-order chi connectivity index (χ1) is 12.1. The molecule has 1 aliphatic carbocycles. The van der Waals surface area contributed by atoms with Crippen molar-refractivity contribution in [2.24, 2.45) is 5.92 Å². The van der Waals surface area contributed by atoms with Gasteiger partial charge >= 0.3 is 0 Å². The predicted octanol–water partition coefficient (Wildman–Crippen LogP) is 1.96. The number of Topliss-reactive ketones (excluding diaryl/α,β-unsaturated/α-hetero) is 1. The monoisotopic (exact) mass is 337 g/mol. The Kier molecular flexibility index (Phi) is 4.89. The third-order valence-corrected chi connectivity index (χ3v) is 4.50. The molecule has 2 aromatic rings. The summed E-state index contributed by atoms with van der Waals surface area (Å²) in [4.78, 5) is 28.8. The van der Waals surface area contributed by atoms with Crippen molar-refractivity contribution in [3.8, 4) is 11.8 Å². The number of nitriles is 1. The molecule has 7 nitrogen and oxygen atoms in total. The number of aryl methyl sites for hydroxylation is 1. The van der Waals surface area contributed by atoms with E-state index < -0.39 is 17.6 Å². The Bertz CT molecular complexity index is 816. The highest BCUT2D eigenvalue weighted by molar-refractivity contribution is 6.12. The van der Waals surface area contributed by atoms with Crippen molar-refractivity contribution in [3.63, 3.8) is 0 Å². The van der Waals surface area contributed by atoms with Crippen LogP contribution in [0.15, 0.2) is 30.9 Å². The molecule has 3 rings (SSSR count). The summed E-state index contributed by atoms with van der Waals surface area (Å²) in [5.41, 5.74) is 1.94. The van der Waals surface area contributed by atoms with E-state index in [1.807, 2.05) is 13.0 Å². The van der Waals surface area contributed by atoms with Crippen LogP contribution in [0, 0.1) is 24.2 Å². The van der Waals surface area contributed by atoms with Crippen LogP contribution in [0.1, 0.15) is 41.6 Å². The number of nitrogens with zero attached hydrogens (tertiary/aromatic N) is 4. The van der Waals surface area contributed by atoms with Crippen LogP contribution in [0.2, 0.25) is 0 Å². The van der Waals surface area contributed by atoms with Gasteiger partial charge in [0.25, 0.3) is 0 Å². The number of rotatable bonds is 5. The zero-order chi connectivity index (χ0) is 17.8. The van der Waals surface area contributed by atoms with Gasteiger partial charge in [0.1, 0.15) is 12.7 Å². The zero-order valence-corrected chi connectivity index (χ0v) is 14.0. The van der Waals surface area contributed by atoms with E-state index in [-0.39, 0.29) is 6.04 Å². The van der Waals surface area contributed by atoms with Crippen LogP contribution in [-0.2, 0) is 4.79 Å². The van der Waals surface area contributed by atoms with Crippen molar-refractivity contribution >= 4 is 11.7 Å². The maximum absolute atomic E-state index is 12.6. The highest BCUT2D eigenvalue weighted by atomic mass is 16.2. The van der Waals surface area contributed by atoms with E-state index in [0.717, 1.165) is 36.9 Å². The fraction of sp³-hybridized carbons (Fsp3) is 0.389. The minimum Gasteiger partial charge on any atom is -0.352 e. The third-order valence-electron chi connectivity index (χ3n) is 4.50. The van der Waals surface area contributed by atoms with Crippen LogP contribution in [0.25, 0.3) is 5.69 Å². The van der Waals surface area contributed by atoms with E-state index in [0.29, 0.717) is 5.56 Å². The van der Waals surface area contributed by atoms with Gasteiger partial charge in [-0.2, -0.15) is 10.4 Å². The Balaban J connectivity index is 1.77. The van der Waals surface area contributed by atoms with Gasteiger partial charge in [0.2, 0.25) is 5.91 Å². The largest absolute Gasteiger partial charge is 0.352 e. The normalized spacial score (nSPS) is 15.5. The molecule has 0 bridgehead atoms. The molecule has 0 unspecified atom stereocenters. The molecule has 0 spiro atoms. The van der Waals surface area contributed by atoms with E-state index in [4.69, 9.17) is 0 Å². The Hall–Kier alpha value is -3.01. The van der Waals surface area contributed by atoms with E-state index in [1.54, 1.807) is 29.2 Å². The molecule has 1 amide bonds. The number of carbonyl (C=O) groups is 2. The molecule has 128 valence electrons. The maximum Gasteiger partial charge on any atom is 0.245 e. The molecule has 25 heavy (non-hydrogen) atoms. The quantitative estimate of drug-likeness (QED) is 0.664. The first kappa shape index (κ1) is 16.8. The Labute approximate surface area is 145 Å². The number of nitrogens with one attached hydrogen (secondary N) is 1. The highest BCUT2D eigenvalue weighted by Gasteiger charge is 2.30. The molecule has 7 heteroatoms. The van der Waals surface area contributed by atoms with Gasteiger partial charge in [-0.1, -0.05) is 12.8 Å². The first-order valence-corrected chi connectivity index (χ1v) is 8.30. The van der Waals surface area contributed by atoms with Gasteiger partial charge in [0.05, 0.1) is 11.8 Å². The molecule has 0 radical (unpaired) electrons. The summed E-state index contributed by atoms with van der Waals surface area (Å²) in [7, 11) is 0. The number of hydrogen-bond donors (Lipinski definition) is 1. The predicted molar refractivity (Wildman–Crippen MR) is 89.9 cm³/mol. The topological polar surface area (TPSA) is 101 Å². The molecule has 1 N–H and O–H groups in total. The van der Waals surface area contributed by atoms with Gasteiger partial charge in [0.15, 0.2) is 11.7 Å². The maximum atomic E-state index is 12.6. The van der Waals surface area contributed by atoms with Crippen molar-refractivity contribution in [1.29, 1.82) is 5.26 Å². The zero-order valence-electron chi connectivity index (χ0n) is 14.0. The lowest BCUT2D eigenvalue weighted by Gasteiger charge is -2.15. The highest BCUT2D eigenvalue weighted by Crippen LogP contribution is 2.20. The third kappa shape index (κ3) is 3.58. The number of carbonyl (C=O) groups excluding carboxylic acids is 2. The molecule has 0 saturated heterocycles. The average molecular weight is 337 g/mol. The van der Waals surface area contributed by atoms with Crippen LogP contribution < -0.4 is 5.32 Å². The summed E-state index contributed by atoms with van der Waals surface area (Å²) < 4.78 is 1.60. The van der Waals surface area contributed by atoms with Crippen LogP contribution in [0.5, 0.6) is 0 Å². The van der Waals surface area contributed by atoms with Crippen molar-refractivity contribution < 1.29 is 9.59 Å². The van der Waals surface area contributed by atoms with Crippen molar-refractivity contribution in [1.82, 2.24) is 20.1 Å². The molecule has 1 aromatic carbocycles. The Morgan fingerprint density at radius 2 is 2.12 bits per heavy atom.